The van der Waals surface area contributed by atoms with E-state index in [0.29, 0.717) is 11.3 Å². The highest BCUT2D eigenvalue weighted by atomic mass is 16.3. The second-order valence-electron chi connectivity index (χ2n) is 6.50. The van der Waals surface area contributed by atoms with Gasteiger partial charge < -0.3 is 19.7 Å². The number of nitrogens with one attached hydrogen (secondary N) is 1. The summed E-state index contributed by atoms with van der Waals surface area (Å²) in [6.45, 7) is 5.02. The molecule has 1 aliphatic rings. The van der Waals surface area contributed by atoms with E-state index in [-0.39, 0.29) is 12.5 Å². The normalized spacial score (nSPS) is 17.4. The van der Waals surface area contributed by atoms with E-state index in [9.17, 15) is 9.90 Å². The van der Waals surface area contributed by atoms with Gasteiger partial charge in [-0.2, -0.15) is 0 Å². The number of nitrogens with zero attached hydrogens (tertiary/aromatic N) is 2. The topological polar surface area (TPSA) is 69.0 Å². The first-order chi connectivity index (χ1) is 12.2. The third kappa shape index (κ3) is 4.69. The second kappa shape index (κ2) is 8.29. The first-order valence-corrected chi connectivity index (χ1v) is 8.60. The summed E-state index contributed by atoms with van der Waals surface area (Å²) in [4.78, 5) is 17.1. The summed E-state index contributed by atoms with van der Waals surface area (Å²) in [7, 11) is 2.15. The molecule has 3 rings (SSSR count). The van der Waals surface area contributed by atoms with Crippen molar-refractivity contribution in [3.8, 4) is 0 Å². The minimum absolute atomic E-state index is 0.208. The van der Waals surface area contributed by atoms with Crippen molar-refractivity contribution in [2.45, 2.75) is 12.6 Å². The second-order valence-corrected chi connectivity index (χ2v) is 6.50. The van der Waals surface area contributed by atoms with Gasteiger partial charge in [-0.1, -0.05) is 12.1 Å². The van der Waals surface area contributed by atoms with Gasteiger partial charge in [-0.3, -0.25) is 9.69 Å². The lowest BCUT2D eigenvalue weighted by molar-refractivity contribution is 0.0907. The Balaban J connectivity index is 1.57. The summed E-state index contributed by atoms with van der Waals surface area (Å²) in [5, 5.41) is 12.2. The van der Waals surface area contributed by atoms with Crippen molar-refractivity contribution in [1.29, 1.82) is 0 Å². The molecule has 1 aliphatic heterocycles. The lowest BCUT2D eigenvalue weighted by atomic mass is 10.1. The van der Waals surface area contributed by atoms with Crippen LogP contribution in [0.2, 0.25) is 0 Å². The fourth-order valence-corrected chi connectivity index (χ4v) is 2.96. The Morgan fingerprint density at radius 3 is 2.52 bits per heavy atom. The third-order valence-electron chi connectivity index (χ3n) is 4.59. The number of benzene rings is 1. The molecule has 1 aromatic heterocycles. The minimum atomic E-state index is -0.535. The predicted octanol–water partition coefficient (Wildman–Crippen LogP) is 1.49. The molecule has 6 heteroatoms. The molecule has 6 nitrogen and oxygen atoms in total. The number of carbonyl (C=O) groups is 1. The van der Waals surface area contributed by atoms with Crippen molar-refractivity contribution >= 4 is 5.91 Å². The molecule has 2 aromatic rings. The monoisotopic (exact) mass is 343 g/mol. The Morgan fingerprint density at radius 2 is 1.92 bits per heavy atom. The molecule has 2 heterocycles. The summed E-state index contributed by atoms with van der Waals surface area (Å²) in [5.74, 6) is 0.323. The van der Waals surface area contributed by atoms with Gasteiger partial charge in [0.05, 0.1) is 12.9 Å². The van der Waals surface area contributed by atoms with Crippen molar-refractivity contribution in [1.82, 2.24) is 15.1 Å². The average Bonchev–Trinajstić information content (AvgIpc) is 3.16. The van der Waals surface area contributed by atoms with Crippen LogP contribution in [0, 0.1) is 0 Å². The lowest BCUT2D eigenvalue weighted by Crippen LogP contribution is -2.43. The highest BCUT2D eigenvalue weighted by Crippen LogP contribution is 2.15. The van der Waals surface area contributed by atoms with E-state index < -0.39 is 6.04 Å². The van der Waals surface area contributed by atoms with Gasteiger partial charge in [-0.25, -0.2) is 0 Å². The van der Waals surface area contributed by atoms with Crippen LogP contribution in [0.1, 0.15) is 27.7 Å². The molecule has 1 amide bonds. The first-order valence-electron chi connectivity index (χ1n) is 8.60. The van der Waals surface area contributed by atoms with Crippen molar-refractivity contribution in [3.63, 3.8) is 0 Å². The van der Waals surface area contributed by atoms with Gasteiger partial charge in [0.25, 0.3) is 5.91 Å². The Kier molecular flexibility index (Phi) is 5.86. The van der Waals surface area contributed by atoms with Crippen molar-refractivity contribution in [2.75, 3.05) is 39.8 Å². The minimum Gasteiger partial charge on any atom is -0.467 e. The number of amides is 1. The smallest absolute Gasteiger partial charge is 0.251 e. The molecule has 1 aromatic carbocycles. The molecule has 1 fully saturated rings. The van der Waals surface area contributed by atoms with Gasteiger partial charge in [0.1, 0.15) is 11.8 Å². The molecule has 1 saturated heterocycles. The number of likely N-dealkylation sites (N-methyl/N-ethyl adjacent to an activating group) is 1. The van der Waals surface area contributed by atoms with Crippen LogP contribution < -0.4 is 5.32 Å². The lowest BCUT2D eigenvalue weighted by Gasteiger charge is -2.32. The maximum atomic E-state index is 12.4. The zero-order valence-corrected chi connectivity index (χ0v) is 14.5. The number of aliphatic hydroxyl groups excluding tert-OH is 1. The number of hydrogen-bond acceptors (Lipinski definition) is 5. The van der Waals surface area contributed by atoms with Gasteiger partial charge in [-0.05, 0) is 36.9 Å². The zero-order chi connectivity index (χ0) is 17.6. The molecular formula is C19H25N3O3. The molecule has 0 saturated carbocycles. The number of rotatable bonds is 6. The van der Waals surface area contributed by atoms with Gasteiger partial charge in [-0.15, -0.1) is 0 Å². The highest BCUT2D eigenvalue weighted by molar-refractivity contribution is 5.94. The number of carbonyl (C=O) groups excluding carboxylic acids is 1. The van der Waals surface area contributed by atoms with Crippen LogP contribution in [-0.2, 0) is 6.54 Å². The van der Waals surface area contributed by atoms with Gasteiger partial charge in [0, 0.05) is 38.3 Å². The van der Waals surface area contributed by atoms with E-state index in [0.717, 1.165) is 32.7 Å². The summed E-state index contributed by atoms with van der Waals surface area (Å²) in [6, 6.07) is 10.6. The summed E-state index contributed by atoms with van der Waals surface area (Å²) >= 11 is 0. The molecule has 1 unspecified atom stereocenters. The number of furan rings is 1. The Morgan fingerprint density at radius 1 is 1.20 bits per heavy atom. The Labute approximate surface area is 148 Å². The van der Waals surface area contributed by atoms with E-state index in [1.165, 1.54) is 11.8 Å². The number of piperazine rings is 1. The van der Waals surface area contributed by atoms with Crippen LogP contribution in [0.5, 0.6) is 0 Å². The molecule has 2 N–H and O–H groups in total. The average molecular weight is 343 g/mol. The largest absolute Gasteiger partial charge is 0.467 e. The molecule has 25 heavy (non-hydrogen) atoms. The van der Waals surface area contributed by atoms with E-state index in [1.54, 1.807) is 12.1 Å². The molecule has 0 aliphatic carbocycles. The molecule has 0 radical (unpaired) electrons. The summed E-state index contributed by atoms with van der Waals surface area (Å²) in [6.07, 6.45) is 1.53. The zero-order valence-electron chi connectivity index (χ0n) is 14.5. The van der Waals surface area contributed by atoms with Crippen LogP contribution in [-0.4, -0.2) is 60.6 Å². The molecular weight excluding hydrogens is 318 g/mol. The van der Waals surface area contributed by atoms with Crippen LogP contribution in [0.25, 0.3) is 0 Å². The predicted molar refractivity (Wildman–Crippen MR) is 95.2 cm³/mol. The maximum Gasteiger partial charge on any atom is 0.251 e. The fraction of sp³-hybridized carbons (Fsp3) is 0.421. The molecule has 0 spiro atoms. The molecule has 1 atom stereocenters. The standard InChI is InChI=1S/C19H25N3O3/c1-21-8-10-22(11-9-21)13-15-4-6-16(7-5-15)19(24)20-17(14-23)18-3-2-12-25-18/h2-7,12,17,23H,8-11,13-14H2,1H3,(H,20,24). The first kappa shape index (κ1) is 17.7. The van der Waals surface area contributed by atoms with Crippen molar-refractivity contribution in [2.24, 2.45) is 0 Å². The van der Waals surface area contributed by atoms with Crippen molar-refractivity contribution < 1.29 is 14.3 Å². The quantitative estimate of drug-likeness (QED) is 0.832. The fourth-order valence-electron chi connectivity index (χ4n) is 2.96. The van der Waals surface area contributed by atoms with Gasteiger partial charge in [0.2, 0.25) is 0 Å². The van der Waals surface area contributed by atoms with E-state index in [4.69, 9.17) is 4.42 Å². The summed E-state index contributed by atoms with van der Waals surface area (Å²) in [5.41, 5.74) is 1.78. The third-order valence-corrected chi connectivity index (χ3v) is 4.59. The van der Waals surface area contributed by atoms with E-state index >= 15 is 0 Å². The van der Waals surface area contributed by atoms with Gasteiger partial charge >= 0.3 is 0 Å². The SMILES string of the molecule is CN1CCN(Cc2ccc(C(=O)NC(CO)c3ccco3)cc2)CC1. The van der Waals surface area contributed by atoms with Crippen LogP contribution >= 0.6 is 0 Å². The van der Waals surface area contributed by atoms with Gasteiger partial charge in [0.15, 0.2) is 0 Å². The van der Waals surface area contributed by atoms with Crippen LogP contribution in [0.4, 0.5) is 0 Å². The Hall–Kier alpha value is -2.15. The Bertz CT molecular complexity index is 662. The summed E-state index contributed by atoms with van der Waals surface area (Å²) < 4.78 is 5.25. The maximum absolute atomic E-state index is 12.4. The van der Waals surface area contributed by atoms with E-state index in [2.05, 4.69) is 22.2 Å². The van der Waals surface area contributed by atoms with Crippen LogP contribution in [0.15, 0.2) is 47.1 Å². The number of aliphatic hydroxyl groups is 1. The highest BCUT2D eigenvalue weighted by Gasteiger charge is 2.18. The molecule has 134 valence electrons. The molecule has 0 bridgehead atoms. The van der Waals surface area contributed by atoms with E-state index in [1.807, 2.05) is 24.3 Å². The van der Waals surface area contributed by atoms with Crippen molar-refractivity contribution in [3.05, 3.63) is 59.5 Å². The number of hydrogen-bond donors (Lipinski definition) is 2. The van der Waals surface area contributed by atoms with Crippen LogP contribution in [0.3, 0.4) is 0 Å².